The lowest BCUT2D eigenvalue weighted by Crippen LogP contribution is -2.12. The Bertz CT molecular complexity index is 866. The molecule has 0 aliphatic rings. The molecule has 1 aromatic carbocycles. The van der Waals surface area contributed by atoms with Crippen molar-refractivity contribution in [1.29, 1.82) is 0 Å². The fraction of sp³-hybridized carbons (Fsp3) is 0.105. The monoisotopic (exact) mass is 352 g/mol. The molecule has 0 bridgehead atoms. The van der Waals surface area contributed by atoms with Crippen LogP contribution in [0, 0.1) is 6.92 Å². The van der Waals surface area contributed by atoms with Crippen molar-refractivity contribution < 1.29 is 4.79 Å². The van der Waals surface area contributed by atoms with Crippen LogP contribution in [0.1, 0.15) is 21.6 Å². The number of carbonyl (C=O) groups excluding carboxylic acids is 1. The standard InChI is InChI=1S/C19H17ClN4O/c1-13-5-7-15(10-17(13)20)24-19(25)14-6-8-18(22-11-14)23-12-16-4-2-3-9-21-16/h2-11H,12H2,1H3,(H,22,23)(H,24,25). The van der Waals surface area contributed by atoms with Crippen LogP contribution >= 0.6 is 11.6 Å². The van der Waals surface area contributed by atoms with Crippen molar-refractivity contribution in [2.75, 3.05) is 10.6 Å². The van der Waals surface area contributed by atoms with Crippen LogP contribution in [-0.2, 0) is 6.54 Å². The van der Waals surface area contributed by atoms with E-state index in [1.165, 1.54) is 6.20 Å². The van der Waals surface area contributed by atoms with Crippen molar-refractivity contribution >= 4 is 29.0 Å². The predicted molar refractivity (Wildman–Crippen MR) is 99.9 cm³/mol. The summed E-state index contributed by atoms with van der Waals surface area (Å²) >= 11 is 6.07. The van der Waals surface area contributed by atoms with E-state index in [1.54, 1.807) is 24.4 Å². The maximum Gasteiger partial charge on any atom is 0.257 e. The summed E-state index contributed by atoms with van der Waals surface area (Å²) in [4.78, 5) is 20.8. The van der Waals surface area contributed by atoms with Crippen molar-refractivity contribution in [3.05, 3.63) is 82.8 Å². The highest BCUT2D eigenvalue weighted by Gasteiger charge is 2.08. The second kappa shape index (κ2) is 7.77. The number of nitrogens with zero attached hydrogens (tertiary/aromatic N) is 2. The van der Waals surface area contributed by atoms with Crippen molar-refractivity contribution in [2.45, 2.75) is 13.5 Å². The third-order valence-electron chi connectivity index (χ3n) is 3.63. The molecule has 5 nitrogen and oxygen atoms in total. The number of carbonyl (C=O) groups is 1. The van der Waals surface area contributed by atoms with Gasteiger partial charge in [0.15, 0.2) is 0 Å². The van der Waals surface area contributed by atoms with E-state index >= 15 is 0 Å². The minimum absolute atomic E-state index is 0.233. The highest BCUT2D eigenvalue weighted by molar-refractivity contribution is 6.31. The molecule has 0 saturated heterocycles. The van der Waals surface area contributed by atoms with Gasteiger partial charge in [0.1, 0.15) is 5.82 Å². The van der Waals surface area contributed by atoms with E-state index in [0.717, 1.165) is 11.3 Å². The van der Waals surface area contributed by atoms with E-state index in [2.05, 4.69) is 20.6 Å². The van der Waals surface area contributed by atoms with Gasteiger partial charge in [-0.15, -0.1) is 0 Å². The molecular weight excluding hydrogens is 336 g/mol. The molecule has 126 valence electrons. The molecule has 2 aromatic heterocycles. The number of amides is 1. The molecule has 2 heterocycles. The number of aromatic nitrogens is 2. The van der Waals surface area contributed by atoms with Gasteiger partial charge in [-0.05, 0) is 48.9 Å². The fourth-order valence-corrected chi connectivity index (χ4v) is 2.37. The summed E-state index contributed by atoms with van der Waals surface area (Å²) in [5.74, 6) is 0.448. The first-order chi connectivity index (χ1) is 12.1. The Kier molecular flexibility index (Phi) is 5.26. The lowest BCUT2D eigenvalue weighted by molar-refractivity contribution is 0.102. The van der Waals surface area contributed by atoms with Gasteiger partial charge in [0, 0.05) is 23.1 Å². The summed E-state index contributed by atoms with van der Waals surface area (Å²) in [6.07, 6.45) is 3.28. The summed E-state index contributed by atoms with van der Waals surface area (Å²) in [6.45, 7) is 2.48. The molecule has 0 fully saturated rings. The van der Waals surface area contributed by atoms with E-state index in [9.17, 15) is 4.79 Å². The second-order valence-corrected chi connectivity index (χ2v) is 5.93. The number of hydrogen-bond acceptors (Lipinski definition) is 4. The van der Waals surface area contributed by atoms with Crippen LogP contribution in [0.4, 0.5) is 11.5 Å². The lowest BCUT2D eigenvalue weighted by atomic mass is 10.2. The van der Waals surface area contributed by atoms with Crippen molar-refractivity contribution in [3.63, 3.8) is 0 Å². The van der Waals surface area contributed by atoms with Gasteiger partial charge in [-0.3, -0.25) is 9.78 Å². The van der Waals surface area contributed by atoms with Crippen LogP contribution in [0.15, 0.2) is 60.9 Å². The summed E-state index contributed by atoms with van der Waals surface area (Å²) in [7, 11) is 0. The molecule has 0 aliphatic heterocycles. The first kappa shape index (κ1) is 16.9. The Morgan fingerprint density at radius 3 is 2.68 bits per heavy atom. The number of benzene rings is 1. The van der Waals surface area contributed by atoms with Gasteiger partial charge in [-0.25, -0.2) is 4.98 Å². The van der Waals surface area contributed by atoms with Gasteiger partial charge < -0.3 is 10.6 Å². The maximum absolute atomic E-state index is 12.3. The van der Waals surface area contributed by atoms with Crippen LogP contribution in [0.3, 0.4) is 0 Å². The molecule has 0 atom stereocenters. The minimum Gasteiger partial charge on any atom is -0.364 e. The molecular formula is C19H17ClN4O. The Balaban J connectivity index is 1.61. The van der Waals surface area contributed by atoms with Crippen LogP contribution in [0.5, 0.6) is 0 Å². The number of hydrogen-bond donors (Lipinski definition) is 2. The second-order valence-electron chi connectivity index (χ2n) is 5.52. The first-order valence-corrected chi connectivity index (χ1v) is 8.17. The van der Waals surface area contributed by atoms with Gasteiger partial charge in [-0.1, -0.05) is 23.7 Å². The lowest BCUT2D eigenvalue weighted by Gasteiger charge is -2.08. The van der Waals surface area contributed by atoms with Crippen LogP contribution < -0.4 is 10.6 Å². The van der Waals surface area contributed by atoms with Crippen LogP contribution in [0.2, 0.25) is 5.02 Å². The normalized spacial score (nSPS) is 10.3. The topological polar surface area (TPSA) is 66.9 Å². The molecule has 0 radical (unpaired) electrons. The quantitative estimate of drug-likeness (QED) is 0.718. The Morgan fingerprint density at radius 2 is 2.00 bits per heavy atom. The first-order valence-electron chi connectivity index (χ1n) is 7.79. The predicted octanol–water partition coefficient (Wildman–Crippen LogP) is 4.30. The minimum atomic E-state index is -0.233. The van der Waals surface area contributed by atoms with E-state index in [1.807, 2.05) is 37.3 Å². The number of pyridine rings is 2. The number of aryl methyl sites for hydroxylation is 1. The molecule has 25 heavy (non-hydrogen) atoms. The van der Waals surface area contributed by atoms with Gasteiger partial charge in [0.2, 0.25) is 0 Å². The van der Waals surface area contributed by atoms with E-state index in [0.29, 0.717) is 28.6 Å². The van der Waals surface area contributed by atoms with Crippen molar-refractivity contribution in [2.24, 2.45) is 0 Å². The van der Waals surface area contributed by atoms with Crippen molar-refractivity contribution in [1.82, 2.24) is 9.97 Å². The molecule has 6 heteroatoms. The van der Waals surface area contributed by atoms with E-state index in [4.69, 9.17) is 11.6 Å². The average molecular weight is 353 g/mol. The Hall–Kier alpha value is -2.92. The molecule has 3 rings (SSSR count). The van der Waals surface area contributed by atoms with Gasteiger partial charge in [-0.2, -0.15) is 0 Å². The van der Waals surface area contributed by atoms with Crippen molar-refractivity contribution in [3.8, 4) is 0 Å². The third-order valence-corrected chi connectivity index (χ3v) is 4.04. The summed E-state index contributed by atoms with van der Waals surface area (Å²) in [5.41, 5.74) is 3.00. The number of nitrogens with one attached hydrogen (secondary N) is 2. The highest BCUT2D eigenvalue weighted by Crippen LogP contribution is 2.20. The summed E-state index contributed by atoms with van der Waals surface area (Å²) < 4.78 is 0. The molecule has 0 saturated carbocycles. The van der Waals surface area contributed by atoms with Crippen LogP contribution in [0.25, 0.3) is 0 Å². The zero-order valence-corrected chi connectivity index (χ0v) is 14.4. The summed E-state index contributed by atoms with van der Waals surface area (Å²) in [5, 5.41) is 6.59. The third kappa shape index (κ3) is 4.55. The molecule has 3 aromatic rings. The average Bonchev–Trinajstić information content (AvgIpc) is 2.64. The zero-order valence-electron chi connectivity index (χ0n) is 13.7. The van der Waals surface area contributed by atoms with E-state index < -0.39 is 0 Å². The maximum atomic E-state index is 12.3. The molecule has 1 amide bonds. The molecule has 2 N–H and O–H groups in total. The Morgan fingerprint density at radius 1 is 1.12 bits per heavy atom. The number of rotatable bonds is 5. The molecule has 0 unspecified atom stereocenters. The Labute approximate surface area is 151 Å². The molecule has 0 aliphatic carbocycles. The van der Waals surface area contributed by atoms with Crippen LogP contribution in [-0.4, -0.2) is 15.9 Å². The van der Waals surface area contributed by atoms with E-state index in [-0.39, 0.29) is 5.91 Å². The number of halogens is 1. The van der Waals surface area contributed by atoms with Gasteiger partial charge in [0.05, 0.1) is 17.8 Å². The SMILES string of the molecule is Cc1ccc(NC(=O)c2ccc(NCc3ccccn3)nc2)cc1Cl. The smallest absolute Gasteiger partial charge is 0.257 e. The highest BCUT2D eigenvalue weighted by atomic mass is 35.5. The fourth-order valence-electron chi connectivity index (χ4n) is 2.19. The largest absolute Gasteiger partial charge is 0.364 e. The molecule has 0 spiro atoms. The van der Waals surface area contributed by atoms with Gasteiger partial charge >= 0.3 is 0 Å². The zero-order chi connectivity index (χ0) is 17.6. The summed E-state index contributed by atoms with van der Waals surface area (Å²) in [6, 6.07) is 14.6. The van der Waals surface area contributed by atoms with Gasteiger partial charge in [0.25, 0.3) is 5.91 Å². The number of anilines is 2.